The van der Waals surface area contributed by atoms with Crippen molar-refractivity contribution in [2.45, 2.75) is 51.0 Å². The lowest BCUT2D eigenvalue weighted by Gasteiger charge is -2.22. The maximum absolute atomic E-state index is 10.8. The van der Waals surface area contributed by atoms with Crippen molar-refractivity contribution in [1.82, 2.24) is 4.98 Å². The van der Waals surface area contributed by atoms with Crippen LogP contribution >= 0.6 is 0 Å². The van der Waals surface area contributed by atoms with Gasteiger partial charge in [0.15, 0.2) is 0 Å². The van der Waals surface area contributed by atoms with Gasteiger partial charge in [-0.3, -0.25) is 0 Å². The van der Waals surface area contributed by atoms with Gasteiger partial charge in [0.05, 0.1) is 11.3 Å². The highest BCUT2D eigenvalue weighted by molar-refractivity contribution is 5.89. The molecule has 5 heteroatoms. The number of hydrogen-bond acceptors (Lipinski definition) is 4. The summed E-state index contributed by atoms with van der Waals surface area (Å²) in [6.45, 7) is 0. The van der Waals surface area contributed by atoms with Gasteiger partial charge in [0.25, 0.3) is 0 Å². The topological polar surface area (TPSA) is 88.2 Å². The maximum atomic E-state index is 10.8. The number of aromatic nitrogens is 1. The van der Waals surface area contributed by atoms with Crippen LogP contribution in [0.25, 0.3) is 0 Å². The monoisotopic (exact) mass is 263 g/mol. The summed E-state index contributed by atoms with van der Waals surface area (Å²) in [6, 6.07) is 1.85. The van der Waals surface area contributed by atoms with Gasteiger partial charge in [-0.05, 0) is 18.9 Å². The molecule has 0 amide bonds. The minimum absolute atomic E-state index is 0.126. The summed E-state index contributed by atoms with van der Waals surface area (Å²) in [5.41, 5.74) is 6.39. The molecule has 1 aliphatic rings. The Labute approximate surface area is 113 Å². The van der Waals surface area contributed by atoms with Gasteiger partial charge in [-0.2, -0.15) is 0 Å². The van der Waals surface area contributed by atoms with Crippen LogP contribution in [0.2, 0.25) is 0 Å². The van der Waals surface area contributed by atoms with Crippen molar-refractivity contribution in [3.63, 3.8) is 0 Å². The first kappa shape index (κ1) is 13.6. The molecular weight excluding hydrogens is 242 g/mol. The summed E-state index contributed by atoms with van der Waals surface area (Å²) in [7, 11) is 0. The average Bonchev–Trinajstić information content (AvgIpc) is 2.34. The van der Waals surface area contributed by atoms with E-state index in [0.29, 0.717) is 17.5 Å². The Hall–Kier alpha value is -1.78. The molecule has 1 saturated carbocycles. The van der Waals surface area contributed by atoms with Crippen LogP contribution < -0.4 is 11.1 Å². The number of carboxylic acid groups (broad SMARTS) is 1. The highest BCUT2D eigenvalue weighted by Gasteiger charge is 2.14. The number of carboxylic acids is 1. The number of hydrogen-bond donors (Lipinski definition) is 3. The Morgan fingerprint density at radius 1 is 1.26 bits per heavy atom. The molecule has 0 saturated heterocycles. The summed E-state index contributed by atoms with van der Waals surface area (Å²) >= 11 is 0. The number of nitrogens with zero attached hydrogens (tertiary/aromatic N) is 1. The van der Waals surface area contributed by atoms with Gasteiger partial charge in [0.2, 0.25) is 0 Å². The van der Waals surface area contributed by atoms with Crippen LogP contribution in [0.15, 0.2) is 12.3 Å². The second kappa shape index (κ2) is 6.41. The fourth-order valence-electron chi connectivity index (χ4n) is 2.51. The van der Waals surface area contributed by atoms with E-state index in [0.717, 1.165) is 12.8 Å². The molecule has 0 atom stereocenters. The predicted molar refractivity (Wildman–Crippen MR) is 75.3 cm³/mol. The van der Waals surface area contributed by atoms with E-state index in [4.69, 9.17) is 10.8 Å². The number of nitrogen functional groups attached to an aromatic ring is 1. The van der Waals surface area contributed by atoms with Gasteiger partial charge in [0, 0.05) is 12.2 Å². The Balaban J connectivity index is 2.03. The third kappa shape index (κ3) is 3.84. The number of nitrogens with two attached hydrogens (primary N) is 1. The normalized spacial score (nSPS) is 17.5. The molecule has 1 heterocycles. The highest BCUT2D eigenvalue weighted by atomic mass is 16.4. The van der Waals surface area contributed by atoms with Gasteiger partial charge in [-0.1, -0.05) is 32.1 Å². The molecular formula is C14H21N3O2. The Morgan fingerprint density at radius 2 is 1.89 bits per heavy atom. The molecule has 4 N–H and O–H groups in total. The van der Waals surface area contributed by atoms with Crippen molar-refractivity contribution in [1.29, 1.82) is 0 Å². The zero-order valence-corrected chi connectivity index (χ0v) is 11.1. The molecule has 5 nitrogen and oxygen atoms in total. The molecule has 104 valence electrons. The second-order valence-electron chi connectivity index (χ2n) is 5.15. The van der Waals surface area contributed by atoms with Crippen LogP contribution in [0.5, 0.6) is 0 Å². The second-order valence-corrected chi connectivity index (χ2v) is 5.15. The van der Waals surface area contributed by atoms with Gasteiger partial charge in [-0.15, -0.1) is 0 Å². The SMILES string of the molecule is Nc1cc(C(=O)O)cnc1NC1CCCCCCC1. The van der Waals surface area contributed by atoms with E-state index in [1.807, 2.05) is 0 Å². The first-order valence-corrected chi connectivity index (χ1v) is 6.92. The zero-order valence-electron chi connectivity index (χ0n) is 11.1. The van der Waals surface area contributed by atoms with E-state index in [1.54, 1.807) is 0 Å². The van der Waals surface area contributed by atoms with Crippen LogP contribution in [-0.2, 0) is 0 Å². The molecule has 2 rings (SSSR count). The molecule has 0 unspecified atom stereocenters. The fraction of sp³-hybridized carbons (Fsp3) is 0.571. The van der Waals surface area contributed by atoms with Crippen molar-refractivity contribution in [2.24, 2.45) is 0 Å². The van der Waals surface area contributed by atoms with Gasteiger partial charge < -0.3 is 16.2 Å². The van der Waals surface area contributed by atoms with Crippen molar-refractivity contribution in [3.05, 3.63) is 17.8 Å². The minimum Gasteiger partial charge on any atom is -0.478 e. The quantitative estimate of drug-likeness (QED) is 0.780. The Kier molecular flexibility index (Phi) is 4.60. The summed E-state index contributed by atoms with van der Waals surface area (Å²) < 4.78 is 0. The van der Waals surface area contributed by atoms with Crippen molar-refractivity contribution in [3.8, 4) is 0 Å². The molecule has 0 spiro atoms. The summed E-state index contributed by atoms with van der Waals surface area (Å²) in [6.07, 6.45) is 9.97. The van der Waals surface area contributed by atoms with E-state index < -0.39 is 5.97 Å². The predicted octanol–water partition coefficient (Wildman–Crippen LogP) is 2.89. The molecule has 0 aliphatic heterocycles. The van der Waals surface area contributed by atoms with Crippen LogP contribution in [0.1, 0.15) is 55.3 Å². The minimum atomic E-state index is -1.00. The average molecular weight is 263 g/mol. The molecule has 1 fully saturated rings. The van der Waals surface area contributed by atoms with E-state index in [9.17, 15) is 4.79 Å². The van der Waals surface area contributed by atoms with Crippen LogP contribution in [0, 0.1) is 0 Å². The largest absolute Gasteiger partial charge is 0.478 e. The standard InChI is InChI=1S/C14H21N3O2/c15-12-8-10(14(18)19)9-16-13(12)17-11-6-4-2-1-3-5-7-11/h8-9,11H,1-7,15H2,(H,16,17)(H,18,19). The van der Waals surface area contributed by atoms with Gasteiger partial charge in [-0.25, -0.2) is 9.78 Å². The van der Waals surface area contributed by atoms with Crippen LogP contribution in [0.3, 0.4) is 0 Å². The molecule has 1 aromatic heterocycles. The zero-order chi connectivity index (χ0) is 13.7. The molecule has 0 bridgehead atoms. The number of nitrogens with one attached hydrogen (secondary N) is 1. The molecule has 0 aromatic carbocycles. The lowest BCUT2D eigenvalue weighted by atomic mass is 9.97. The van der Waals surface area contributed by atoms with Gasteiger partial charge in [0.1, 0.15) is 5.82 Å². The summed E-state index contributed by atoms with van der Waals surface area (Å²) in [5.74, 6) is -0.396. The van der Waals surface area contributed by atoms with Crippen LogP contribution in [-0.4, -0.2) is 22.1 Å². The van der Waals surface area contributed by atoms with Crippen molar-refractivity contribution >= 4 is 17.5 Å². The molecule has 1 aliphatic carbocycles. The Bertz CT molecular complexity index is 440. The summed E-state index contributed by atoms with van der Waals surface area (Å²) in [5, 5.41) is 12.2. The number of carbonyl (C=O) groups is 1. The maximum Gasteiger partial charge on any atom is 0.337 e. The van der Waals surface area contributed by atoms with E-state index in [1.165, 1.54) is 44.4 Å². The fourth-order valence-corrected chi connectivity index (χ4v) is 2.51. The van der Waals surface area contributed by atoms with Crippen LogP contribution in [0.4, 0.5) is 11.5 Å². The van der Waals surface area contributed by atoms with E-state index >= 15 is 0 Å². The first-order chi connectivity index (χ1) is 9.16. The molecule has 0 radical (unpaired) electrons. The van der Waals surface area contributed by atoms with E-state index in [2.05, 4.69) is 10.3 Å². The lowest BCUT2D eigenvalue weighted by Crippen LogP contribution is -2.22. The van der Waals surface area contributed by atoms with Crippen molar-refractivity contribution in [2.75, 3.05) is 11.1 Å². The van der Waals surface area contributed by atoms with Crippen molar-refractivity contribution < 1.29 is 9.90 Å². The summed E-state index contributed by atoms with van der Waals surface area (Å²) in [4.78, 5) is 15.0. The third-order valence-electron chi connectivity index (χ3n) is 3.61. The smallest absolute Gasteiger partial charge is 0.337 e. The third-order valence-corrected chi connectivity index (χ3v) is 3.61. The Morgan fingerprint density at radius 3 is 2.47 bits per heavy atom. The number of aromatic carboxylic acids is 1. The van der Waals surface area contributed by atoms with Gasteiger partial charge >= 0.3 is 5.97 Å². The molecule has 19 heavy (non-hydrogen) atoms. The number of rotatable bonds is 3. The molecule has 1 aromatic rings. The number of pyridine rings is 1. The highest BCUT2D eigenvalue weighted by Crippen LogP contribution is 2.23. The first-order valence-electron chi connectivity index (χ1n) is 6.92. The number of anilines is 2. The lowest BCUT2D eigenvalue weighted by molar-refractivity contribution is 0.0696. The van der Waals surface area contributed by atoms with E-state index in [-0.39, 0.29) is 5.56 Å².